The zero-order valence-electron chi connectivity index (χ0n) is 7.78. The van der Waals surface area contributed by atoms with Gasteiger partial charge in [0.15, 0.2) is 6.29 Å². The average Bonchev–Trinajstić information content (AvgIpc) is 2.12. The van der Waals surface area contributed by atoms with Crippen molar-refractivity contribution in [2.45, 2.75) is 24.4 Å². The zero-order valence-corrected chi connectivity index (χ0v) is 11.3. The predicted octanol–water partition coefficient (Wildman–Crippen LogP) is -12.4. The maximum absolute atomic E-state index is 9.90. The van der Waals surface area contributed by atoms with Crippen molar-refractivity contribution in [1.29, 1.82) is 0 Å². The summed E-state index contributed by atoms with van der Waals surface area (Å²) in [6.45, 7) is -0.760. The van der Waals surface area contributed by atoms with Crippen LogP contribution in [0.3, 0.4) is 0 Å². The van der Waals surface area contributed by atoms with Crippen molar-refractivity contribution in [2.24, 2.45) is 0 Å². The Morgan fingerprint density at radius 3 is 1.56 bits per heavy atom. The standard InChI is InChI=1S/C6H12O6.3ClH.Cr/c7-1-3(9)5(11)6(12)4(10)2-8;;;;/h1,3-6,8-12H,2H2;3*1H;/q;;;;+3/p-3. The minimum Gasteiger partial charge on any atom is -1.00 e. The van der Waals surface area contributed by atoms with Gasteiger partial charge in [0.05, 0.1) is 6.61 Å². The molecule has 99 valence electrons. The summed E-state index contributed by atoms with van der Waals surface area (Å²) in [6, 6.07) is 0. The molecule has 0 aromatic heterocycles. The maximum atomic E-state index is 9.90. The molecule has 0 heterocycles. The van der Waals surface area contributed by atoms with E-state index in [1.54, 1.807) is 0 Å². The normalized spacial score (nSPS) is 15.8. The van der Waals surface area contributed by atoms with Gasteiger partial charge in [0.2, 0.25) is 0 Å². The third-order valence-corrected chi connectivity index (χ3v) is 1.42. The van der Waals surface area contributed by atoms with E-state index < -0.39 is 31.0 Å². The number of halogens is 3. The smallest absolute Gasteiger partial charge is 1.00 e. The summed E-state index contributed by atoms with van der Waals surface area (Å²) < 4.78 is 0. The van der Waals surface area contributed by atoms with E-state index in [1.807, 2.05) is 0 Å². The first kappa shape index (κ1) is 30.2. The fourth-order valence-corrected chi connectivity index (χ4v) is 0.618. The first-order valence-electron chi connectivity index (χ1n) is 3.33. The van der Waals surface area contributed by atoms with Gasteiger partial charge in [-0.15, -0.1) is 0 Å². The van der Waals surface area contributed by atoms with Gasteiger partial charge >= 0.3 is 17.4 Å². The molecule has 0 amide bonds. The number of hydrogen-bond acceptors (Lipinski definition) is 6. The van der Waals surface area contributed by atoms with Crippen molar-refractivity contribution in [2.75, 3.05) is 6.61 Å². The molecule has 0 saturated carbocycles. The molecule has 5 N–H and O–H groups in total. The molecule has 0 aromatic rings. The van der Waals surface area contributed by atoms with Gasteiger partial charge in [0.25, 0.3) is 0 Å². The Morgan fingerprint density at radius 2 is 1.31 bits per heavy atom. The van der Waals surface area contributed by atoms with Gasteiger partial charge in [-0.1, -0.05) is 0 Å². The van der Waals surface area contributed by atoms with Crippen LogP contribution in [0, 0.1) is 0 Å². The summed E-state index contributed by atoms with van der Waals surface area (Å²) in [6.07, 6.45) is -6.84. The molecule has 0 aliphatic rings. The van der Waals surface area contributed by atoms with Crippen molar-refractivity contribution >= 4 is 6.29 Å². The summed E-state index contributed by atoms with van der Waals surface area (Å²) >= 11 is 0. The van der Waals surface area contributed by atoms with Crippen LogP contribution in [0.4, 0.5) is 0 Å². The molecule has 0 rings (SSSR count). The van der Waals surface area contributed by atoms with Crippen LogP contribution in [-0.2, 0) is 22.2 Å². The van der Waals surface area contributed by atoms with Crippen molar-refractivity contribution in [3.05, 3.63) is 0 Å². The summed E-state index contributed by atoms with van der Waals surface area (Å²) in [4.78, 5) is 9.90. The number of carbonyl (C=O) groups excluding carboxylic acids is 1. The van der Waals surface area contributed by atoms with E-state index in [-0.39, 0.29) is 60.9 Å². The number of aldehydes is 1. The fraction of sp³-hybridized carbons (Fsp3) is 0.833. The second-order valence-electron chi connectivity index (χ2n) is 2.36. The van der Waals surface area contributed by atoms with Crippen LogP contribution in [0.25, 0.3) is 0 Å². The van der Waals surface area contributed by atoms with Gasteiger partial charge in [-0.05, 0) is 0 Å². The van der Waals surface area contributed by atoms with Gasteiger partial charge in [0.1, 0.15) is 24.4 Å². The molecular weight excluding hydrogens is 326 g/mol. The third-order valence-electron chi connectivity index (χ3n) is 1.42. The molecule has 4 atom stereocenters. The van der Waals surface area contributed by atoms with E-state index in [4.69, 9.17) is 25.5 Å². The molecule has 0 bridgehead atoms. The van der Waals surface area contributed by atoms with Gasteiger partial charge in [-0.3, -0.25) is 0 Å². The zero-order chi connectivity index (χ0) is 9.72. The van der Waals surface area contributed by atoms with E-state index in [9.17, 15) is 4.79 Å². The summed E-state index contributed by atoms with van der Waals surface area (Å²) in [5.74, 6) is 0. The second-order valence-corrected chi connectivity index (χ2v) is 2.36. The van der Waals surface area contributed by atoms with Crippen LogP contribution >= 0.6 is 0 Å². The maximum Gasteiger partial charge on any atom is 3.00 e. The molecule has 0 aliphatic heterocycles. The second kappa shape index (κ2) is 15.9. The summed E-state index contributed by atoms with van der Waals surface area (Å²) in [7, 11) is 0. The topological polar surface area (TPSA) is 118 Å². The molecule has 0 aromatic carbocycles. The van der Waals surface area contributed by atoms with E-state index in [1.165, 1.54) is 0 Å². The Bertz CT molecular complexity index is 154. The molecule has 0 spiro atoms. The Kier molecular flexibility index (Phi) is 29.9. The van der Waals surface area contributed by atoms with Gasteiger partial charge in [-0.2, -0.15) is 0 Å². The molecular formula is C6H12Cl3CrO6. The van der Waals surface area contributed by atoms with Crippen LogP contribution < -0.4 is 37.2 Å². The molecule has 16 heavy (non-hydrogen) atoms. The Labute approximate surface area is 122 Å². The van der Waals surface area contributed by atoms with E-state index in [0.29, 0.717) is 0 Å². The van der Waals surface area contributed by atoms with Gasteiger partial charge < -0.3 is 67.5 Å². The van der Waals surface area contributed by atoms with Crippen molar-refractivity contribution < 1.29 is 84.9 Å². The minimum absolute atomic E-state index is 0. The Balaban J connectivity index is -0.000000101. The van der Waals surface area contributed by atoms with Gasteiger partial charge in [0, 0.05) is 0 Å². The molecule has 0 saturated heterocycles. The van der Waals surface area contributed by atoms with E-state index >= 15 is 0 Å². The molecule has 10 heteroatoms. The molecule has 1 radical (unpaired) electrons. The molecule has 0 fully saturated rings. The van der Waals surface area contributed by atoms with Crippen LogP contribution in [0.2, 0.25) is 0 Å². The summed E-state index contributed by atoms with van der Waals surface area (Å²) in [5.41, 5.74) is 0. The van der Waals surface area contributed by atoms with Crippen LogP contribution in [0.15, 0.2) is 0 Å². The number of rotatable bonds is 5. The average molecular weight is 339 g/mol. The first-order valence-corrected chi connectivity index (χ1v) is 3.33. The van der Waals surface area contributed by atoms with Crippen LogP contribution in [-0.4, -0.2) is 62.8 Å². The summed E-state index contributed by atoms with van der Waals surface area (Å²) in [5, 5.41) is 43.5. The Morgan fingerprint density at radius 1 is 0.938 bits per heavy atom. The largest absolute Gasteiger partial charge is 3.00 e. The molecule has 6 nitrogen and oxygen atoms in total. The Hall–Kier alpha value is 0.872. The van der Waals surface area contributed by atoms with Crippen molar-refractivity contribution in [3.8, 4) is 0 Å². The van der Waals surface area contributed by atoms with Crippen LogP contribution in [0.5, 0.6) is 0 Å². The minimum atomic E-state index is -1.79. The number of aliphatic hydroxyl groups excluding tert-OH is 5. The van der Waals surface area contributed by atoms with Crippen LogP contribution in [0.1, 0.15) is 0 Å². The third kappa shape index (κ3) is 10.1. The van der Waals surface area contributed by atoms with Crippen molar-refractivity contribution in [1.82, 2.24) is 0 Å². The fourth-order valence-electron chi connectivity index (χ4n) is 0.618. The number of hydrogen-bond donors (Lipinski definition) is 5. The predicted molar refractivity (Wildman–Crippen MR) is 37.2 cm³/mol. The number of aliphatic hydroxyl groups is 5. The SMILES string of the molecule is O=CC(O)C(O)C(O)C(O)CO.[Cl-].[Cl-].[Cl-].[Cr+3]. The number of carbonyl (C=O) groups is 1. The molecule has 4 unspecified atom stereocenters. The van der Waals surface area contributed by atoms with Crippen molar-refractivity contribution in [3.63, 3.8) is 0 Å². The molecule has 0 aliphatic carbocycles. The monoisotopic (exact) mass is 337 g/mol. The van der Waals surface area contributed by atoms with E-state index in [0.717, 1.165) is 0 Å². The quantitative estimate of drug-likeness (QED) is 0.318. The van der Waals surface area contributed by atoms with E-state index in [2.05, 4.69) is 0 Å². The first-order chi connectivity index (χ1) is 5.54. The van der Waals surface area contributed by atoms with Gasteiger partial charge in [-0.25, -0.2) is 0 Å².